The minimum Gasteiger partial charge on any atom is -0.484 e. The van der Waals surface area contributed by atoms with Crippen molar-refractivity contribution in [3.05, 3.63) is 64.2 Å². The van der Waals surface area contributed by atoms with Crippen LogP contribution in [0.4, 0.5) is 5.69 Å². The molecule has 1 fully saturated rings. The van der Waals surface area contributed by atoms with Crippen molar-refractivity contribution in [1.82, 2.24) is 9.62 Å². The fraction of sp³-hybridized carbons (Fsp3) is 0.350. The van der Waals surface area contributed by atoms with E-state index in [2.05, 4.69) is 5.32 Å². The first kappa shape index (κ1) is 22.7. The van der Waals surface area contributed by atoms with Crippen LogP contribution in [0.15, 0.2) is 53.4 Å². The highest BCUT2D eigenvalue weighted by molar-refractivity contribution is 7.89. The van der Waals surface area contributed by atoms with Gasteiger partial charge in [0.2, 0.25) is 10.0 Å². The van der Waals surface area contributed by atoms with E-state index in [1.165, 1.54) is 28.6 Å². The summed E-state index contributed by atoms with van der Waals surface area (Å²) >= 11 is 0. The molecule has 1 heterocycles. The summed E-state index contributed by atoms with van der Waals surface area (Å²) in [7, 11) is -3.52. The monoisotopic (exact) mass is 449 g/mol. The average Bonchev–Trinajstić information content (AvgIpc) is 2.79. The van der Waals surface area contributed by atoms with Gasteiger partial charge < -0.3 is 14.8 Å². The minimum absolute atomic E-state index is 0.0550. The largest absolute Gasteiger partial charge is 0.484 e. The quantitative estimate of drug-likeness (QED) is 0.452. The number of carbonyl (C=O) groups is 1. The van der Waals surface area contributed by atoms with E-state index in [-0.39, 0.29) is 23.1 Å². The van der Waals surface area contributed by atoms with E-state index >= 15 is 0 Å². The van der Waals surface area contributed by atoms with Crippen molar-refractivity contribution in [2.24, 2.45) is 0 Å². The Labute approximate surface area is 180 Å². The predicted molar refractivity (Wildman–Crippen MR) is 111 cm³/mol. The molecule has 0 radical (unpaired) electrons. The zero-order valence-electron chi connectivity index (χ0n) is 16.7. The van der Waals surface area contributed by atoms with Crippen molar-refractivity contribution in [3.63, 3.8) is 0 Å². The van der Waals surface area contributed by atoms with E-state index in [0.29, 0.717) is 45.0 Å². The molecule has 0 saturated carbocycles. The third-order valence-corrected chi connectivity index (χ3v) is 6.60. The topological polar surface area (TPSA) is 128 Å². The van der Waals surface area contributed by atoms with Gasteiger partial charge in [0.1, 0.15) is 5.75 Å². The SMILES string of the molecule is O=C(COc1ccc([N+](=O)[O-])cc1)NCCc1ccc(S(=O)(=O)N2CCOCC2)cc1. The molecule has 3 rings (SSSR count). The molecule has 0 bridgehead atoms. The number of sulfonamides is 1. The van der Waals surface area contributed by atoms with Gasteiger partial charge in [-0.1, -0.05) is 12.1 Å². The van der Waals surface area contributed by atoms with Crippen molar-refractivity contribution < 1.29 is 27.6 Å². The number of benzene rings is 2. The molecule has 2 aromatic rings. The fourth-order valence-electron chi connectivity index (χ4n) is 2.97. The zero-order valence-corrected chi connectivity index (χ0v) is 17.5. The molecule has 1 aliphatic heterocycles. The Morgan fingerprint density at radius 2 is 1.74 bits per heavy atom. The first-order valence-corrected chi connectivity index (χ1v) is 11.1. The predicted octanol–water partition coefficient (Wildman–Crippen LogP) is 1.35. The summed E-state index contributed by atoms with van der Waals surface area (Å²) in [6, 6.07) is 12.1. The molecule has 1 amide bonds. The number of nitrogens with zero attached hydrogens (tertiary/aromatic N) is 2. The first-order valence-electron chi connectivity index (χ1n) is 9.67. The van der Waals surface area contributed by atoms with Crippen molar-refractivity contribution >= 4 is 21.6 Å². The Morgan fingerprint density at radius 1 is 1.10 bits per heavy atom. The number of nitro groups is 1. The van der Waals surface area contributed by atoms with Crippen LogP contribution in [0.3, 0.4) is 0 Å². The molecule has 1 saturated heterocycles. The molecule has 31 heavy (non-hydrogen) atoms. The maximum atomic E-state index is 12.6. The molecule has 11 heteroatoms. The highest BCUT2D eigenvalue weighted by atomic mass is 32.2. The Kier molecular flexibility index (Phi) is 7.55. The van der Waals surface area contributed by atoms with E-state index in [9.17, 15) is 23.3 Å². The number of carbonyl (C=O) groups excluding carboxylic acids is 1. The van der Waals surface area contributed by atoms with Crippen LogP contribution in [0.25, 0.3) is 0 Å². The summed E-state index contributed by atoms with van der Waals surface area (Å²) in [5.74, 6) is 0.0303. The average molecular weight is 449 g/mol. The molecule has 1 N–H and O–H groups in total. The lowest BCUT2D eigenvalue weighted by Crippen LogP contribution is -2.40. The third-order valence-electron chi connectivity index (χ3n) is 4.68. The van der Waals surface area contributed by atoms with Gasteiger partial charge in [-0.3, -0.25) is 14.9 Å². The second-order valence-electron chi connectivity index (χ2n) is 6.80. The number of amides is 1. The number of hydrogen-bond donors (Lipinski definition) is 1. The minimum atomic E-state index is -3.52. The second-order valence-corrected chi connectivity index (χ2v) is 8.74. The molecule has 0 spiro atoms. The van der Waals surface area contributed by atoms with Gasteiger partial charge >= 0.3 is 0 Å². The molecule has 1 aliphatic rings. The van der Waals surface area contributed by atoms with E-state index < -0.39 is 14.9 Å². The Hall–Kier alpha value is -3.02. The number of hydrogen-bond acceptors (Lipinski definition) is 7. The lowest BCUT2D eigenvalue weighted by molar-refractivity contribution is -0.384. The number of ether oxygens (including phenoxy) is 2. The van der Waals surface area contributed by atoms with Gasteiger partial charge in [0.15, 0.2) is 6.61 Å². The molecule has 166 valence electrons. The molecular formula is C20H23N3O7S. The normalized spacial score (nSPS) is 14.7. The van der Waals surface area contributed by atoms with E-state index in [1.807, 2.05) is 0 Å². The highest BCUT2D eigenvalue weighted by Crippen LogP contribution is 2.18. The summed E-state index contributed by atoms with van der Waals surface area (Å²) in [5, 5.41) is 13.3. The molecule has 0 atom stereocenters. The van der Waals surface area contributed by atoms with Gasteiger partial charge in [-0.15, -0.1) is 0 Å². The molecular weight excluding hydrogens is 426 g/mol. The molecule has 0 aromatic heterocycles. The van der Waals surface area contributed by atoms with Crippen LogP contribution < -0.4 is 10.1 Å². The number of rotatable bonds is 9. The third kappa shape index (κ3) is 6.23. The van der Waals surface area contributed by atoms with E-state index in [4.69, 9.17) is 9.47 Å². The van der Waals surface area contributed by atoms with Crippen LogP contribution in [0.2, 0.25) is 0 Å². The smallest absolute Gasteiger partial charge is 0.269 e. The summed E-state index contributed by atoms with van der Waals surface area (Å²) in [4.78, 5) is 22.2. The Bertz CT molecular complexity index is 1000. The van der Waals surface area contributed by atoms with E-state index in [0.717, 1.165) is 5.56 Å². The Morgan fingerprint density at radius 3 is 2.35 bits per heavy atom. The number of nitro benzene ring substituents is 1. The lowest BCUT2D eigenvalue weighted by atomic mass is 10.1. The van der Waals surface area contributed by atoms with Crippen molar-refractivity contribution in [2.75, 3.05) is 39.5 Å². The van der Waals surface area contributed by atoms with Gasteiger partial charge in [-0.05, 0) is 36.2 Å². The van der Waals surface area contributed by atoms with Crippen LogP contribution >= 0.6 is 0 Å². The van der Waals surface area contributed by atoms with Gasteiger partial charge in [0.25, 0.3) is 11.6 Å². The number of morpholine rings is 1. The number of non-ortho nitro benzene ring substituents is 1. The van der Waals surface area contributed by atoms with Crippen LogP contribution in [-0.2, 0) is 26.0 Å². The molecule has 10 nitrogen and oxygen atoms in total. The lowest BCUT2D eigenvalue weighted by Gasteiger charge is -2.26. The zero-order chi connectivity index (χ0) is 22.3. The van der Waals surface area contributed by atoms with Crippen LogP contribution in [0, 0.1) is 10.1 Å². The fourth-order valence-corrected chi connectivity index (χ4v) is 4.38. The summed E-state index contributed by atoms with van der Waals surface area (Å²) in [6.07, 6.45) is 0.529. The summed E-state index contributed by atoms with van der Waals surface area (Å²) in [5.41, 5.74) is 0.832. The van der Waals surface area contributed by atoms with Gasteiger partial charge in [-0.25, -0.2) is 8.42 Å². The van der Waals surface area contributed by atoms with Crippen LogP contribution in [0.5, 0.6) is 5.75 Å². The maximum absolute atomic E-state index is 12.6. The highest BCUT2D eigenvalue weighted by Gasteiger charge is 2.26. The molecule has 0 aliphatic carbocycles. The Balaban J connectivity index is 1.42. The van der Waals surface area contributed by atoms with Crippen molar-refractivity contribution in [1.29, 1.82) is 0 Å². The number of nitrogens with one attached hydrogen (secondary N) is 1. The van der Waals surface area contributed by atoms with Gasteiger partial charge in [0, 0.05) is 31.8 Å². The standard InChI is InChI=1S/C20H23N3O7S/c24-20(15-30-18-5-3-17(4-6-18)23(25)26)21-10-9-16-1-7-19(8-2-16)31(27,28)22-11-13-29-14-12-22/h1-8H,9-15H2,(H,21,24). The van der Waals surface area contributed by atoms with Crippen molar-refractivity contribution in [3.8, 4) is 5.75 Å². The maximum Gasteiger partial charge on any atom is 0.269 e. The summed E-state index contributed by atoms with van der Waals surface area (Å²) < 4.78 is 37.1. The van der Waals surface area contributed by atoms with E-state index in [1.54, 1.807) is 24.3 Å². The first-order chi connectivity index (χ1) is 14.9. The molecule has 2 aromatic carbocycles. The summed E-state index contributed by atoms with van der Waals surface area (Å²) in [6.45, 7) is 1.62. The van der Waals surface area contributed by atoms with Gasteiger partial charge in [0.05, 0.1) is 23.0 Å². The van der Waals surface area contributed by atoms with Crippen LogP contribution in [0.1, 0.15) is 5.56 Å². The van der Waals surface area contributed by atoms with Crippen LogP contribution in [-0.4, -0.2) is 63.0 Å². The van der Waals surface area contributed by atoms with Gasteiger partial charge in [-0.2, -0.15) is 4.31 Å². The molecule has 0 unspecified atom stereocenters. The second kappa shape index (κ2) is 10.3. The van der Waals surface area contributed by atoms with Crippen molar-refractivity contribution in [2.45, 2.75) is 11.3 Å².